The van der Waals surface area contributed by atoms with Crippen LogP contribution < -0.4 is 4.72 Å². The Labute approximate surface area is 122 Å². The summed E-state index contributed by atoms with van der Waals surface area (Å²) >= 11 is 0. The molecule has 0 aromatic heterocycles. The highest BCUT2D eigenvalue weighted by molar-refractivity contribution is 7.89. The van der Waals surface area contributed by atoms with Crippen molar-refractivity contribution in [1.82, 2.24) is 4.72 Å². The van der Waals surface area contributed by atoms with Crippen LogP contribution in [0.2, 0.25) is 0 Å². The van der Waals surface area contributed by atoms with Gasteiger partial charge in [0.15, 0.2) is 0 Å². The molecule has 1 atom stereocenters. The van der Waals surface area contributed by atoms with Gasteiger partial charge in [0.1, 0.15) is 6.04 Å². The number of nitrogens with one attached hydrogen (secondary N) is 1. The molecule has 0 bridgehead atoms. The summed E-state index contributed by atoms with van der Waals surface area (Å²) in [6, 6.07) is 2.96. The molecule has 7 nitrogen and oxygen atoms in total. The summed E-state index contributed by atoms with van der Waals surface area (Å²) in [5.74, 6) is -2.60. The average Bonchev–Trinajstić information content (AvgIpc) is 2.37. The number of carbonyl (C=O) groups is 2. The fourth-order valence-electron chi connectivity index (χ4n) is 1.64. The normalized spacial score (nSPS) is 12.9. The number of hydrogen-bond acceptors (Lipinski definition) is 4. The van der Waals surface area contributed by atoms with E-state index in [4.69, 9.17) is 10.2 Å². The fraction of sp³-hybridized carbons (Fsp3) is 0.385. The molecule has 116 valence electrons. The Balaban J connectivity index is 2.97. The van der Waals surface area contributed by atoms with Crippen LogP contribution in [0.5, 0.6) is 0 Å². The van der Waals surface area contributed by atoms with Gasteiger partial charge in [-0.3, -0.25) is 9.59 Å². The minimum absolute atomic E-state index is 0.0489. The molecule has 21 heavy (non-hydrogen) atoms. The zero-order valence-corrected chi connectivity index (χ0v) is 12.5. The lowest BCUT2D eigenvalue weighted by atomic mass is 10.1. The Morgan fingerprint density at radius 2 is 1.81 bits per heavy atom. The fourth-order valence-corrected chi connectivity index (χ4v) is 2.95. The lowest BCUT2D eigenvalue weighted by molar-refractivity contribution is -0.140. The van der Waals surface area contributed by atoms with Gasteiger partial charge in [0.05, 0.1) is 4.90 Å². The summed E-state index contributed by atoms with van der Waals surface area (Å²) in [6.07, 6.45) is -0.763. The Bertz CT molecular complexity index is 653. The lowest BCUT2D eigenvalue weighted by Gasteiger charge is -2.14. The molecule has 1 aromatic rings. The summed E-state index contributed by atoms with van der Waals surface area (Å²) in [5.41, 5.74) is 1.67. The zero-order valence-electron chi connectivity index (χ0n) is 11.7. The molecule has 0 fully saturated rings. The van der Waals surface area contributed by atoms with Crippen molar-refractivity contribution in [1.29, 1.82) is 0 Å². The maximum absolute atomic E-state index is 12.1. The second-order valence-corrected chi connectivity index (χ2v) is 6.40. The second-order valence-electron chi connectivity index (χ2n) is 4.69. The van der Waals surface area contributed by atoms with Gasteiger partial charge in [-0.2, -0.15) is 4.72 Å². The molecular formula is C13H17NO6S. The van der Waals surface area contributed by atoms with Gasteiger partial charge in [0.25, 0.3) is 0 Å². The Kier molecular flexibility index (Phi) is 5.45. The van der Waals surface area contributed by atoms with Gasteiger partial charge >= 0.3 is 11.9 Å². The SMILES string of the molecule is Cc1ccc(S(=O)(=O)N[C@@H](CCC(=O)O)C(=O)O)cc1C. The van der Waals surface area contributed by atoms with Gasteiger partial charge in [-0.25, -0.2) is 8.42 Å². The van der Waals surface area contributed by atoms with Crippen molar-refractivity contribution in [2.45, 2.75) is 37.6 Å². The quantitative estimate of drug-likeness (QED) is 0.687. The molecule has 0 radical (unpaired) electrons. The van der Waals surface area contributed by atoms with Crippen molar-refractivity contribution in [3.63, 3.8) is 0 Å². The van der Waals surface area contributed by atoms with Crippen molar-refractivity contribution in [3.8, 4) is 0 Å². The van der Waals surface area contributed by atoms with Crippen LogP contribution in [0.3, 0.4) is 0 Å². The predicted molar refractivity (Wildman–Crippen MR) is 74.5 cm³/mol. The van der Waals surface area contributed by atoms with Crippen LogP contribution in [0.4, 0.5) is 0 Å². The van der Waals surface area contributed by atoms with E-state index in [0.717, 1.165) is 11.1 Å². The Morgan fingerprint density at radius 3 is 2.29 bits per heavy atom. The highest BCUT2D eigenvalue weighted by atomic mass is 32.2. The van der Waals surface area contributed by atoms with Crippen LogP contribution in [-0.4, -0.2) is 36.6 Å². The second kappa shape index (κ2) is 6.68. The van der Waals surface area contributed by atoms with Crippen molar-refractivity contribution in [2.75, 3.05) is 0 Å². The van der Waals surface area contributed by atoms with Gasteiger partial charge in [0, 0.05) is 6.42 Å². The van der Waals surface area contributed by atoms with E-state index in [9.17, 15) is 18.0 Å². The van der Waals surface area contributed by atoms with Crippen LogP contribution in [0, 0.1) is 13.8 Å². The van der Waals surface area contributed by atoms with E-state index in [1.807, 2.05) is 11.6 Å². The third-order valence-corrected chi connectivity index (χ3v) is 4.50. The molecule has 0 aliphatic heterocycles. The minimum atomic E-state index is -4.02. The summed E-state index contributed by atoms with van der Waals surface area (Å²) < 4.78 is 26.3. The van der Waals surface area contributed by atoms with Gasteiger partial charge in [0.2, 0.25) is 10.0 Å². The number of carboxylic acids is 2. The van der Waals surface area contributed by atoms with E-state index >= 15 is 0 Å². The smallest absolute Gasteiger partial charge is 0.321 e. The third-order valence-electron chi connectivity index (χ3n) is 3.03. The molecule has 0 aliphatic carbocycles. The van der Waals surface area contributed by atoms with E-state index < -0.39 is 34.4 Å². The molecular weight excluding hydrogens is 298 g/mol. The summed E-state index contributed by atoms with van der Waals surface area (Å²) in [4.78, 5) is 21.4. The maximum atomic E-state index is 12.1. The number of aryl methyl sites for hydroxylation is 2. The van der Waals surface area contributed by atoms with E-state index in [0.29, 0.717) is 0 Å². The lowest BCUT2D eigenvalue weighted by Crippen LogP contribution is -2.41. The predicted octanol–water partition coefficient (Wildman–Crippen LogP) is 0.900. The molecule has 1 aromatic carbocycles. The number of hydrogen-bond donors (Lipinski definition) is 3. The van der Waals surface area contributed by atoms with E-state index in [-0.39, 0.29) is 11.3 Å². The number of carboxylic acid groups (broad SMARTS) is 2. The van der Waals surface area contributed by atoms with E-state index in [1.54, 1.807) is 13.0 Å². The van der Waals surface area contributed by atoms with Gasteiger partial charge < -0.3 is 10.2 Å². The molecule has 1 rings (SSSR count). The molecule has 0 saturated carbocycles. The first kappa shape index (κ1) is 17.1. The molecule has 3 N–H and O–H groups in total. The monoisotopic (exact) mass is 315 g/mol. The Hall–Kier alpha value is -1.93. The highest BCUT2D eigenvalue weighted by Crippen LogP contribution is 2.15. The van der Waals surface area contributed by atoms with Crippen LogP contribution in [0.1, 0.15) is 24.0 Å². The van der Waals surface area contributed by atoms with Crippen LogP contribution >= 0.6 is 0 Å². The first-order valence-corrected chi connectivity index (χ1v) is 7.66. The van der Waals surface area contributed by atoms with E-state index in [1.165, 1.54) is 12.1 Å². The first-order valence-electron chi connectivity index (χ1n) is 6.17. The molecule has 0 saturated heterocycles. The van der Waals surface area contributed by atoms with Gasteiger partial charge in [-0.1, -0.05) is 6.07 Å². The minimum Gasteiger partial charge on any atom is -0.481 e. The average molecular weight is 315 g/mol. The van der Waals surface area contributed by atoms with Crippen molar-refractivity contribution < 1.29 is 28.2 Å². The number of sulfonamides is 1. The summed E-state index contributed by atoms with van der Waals surface area (Å²) in [5, 5.41) is 17.5. The topological polar surface area (TPSA) is 121 Å². The summed E-state index contributed by atoms with van der Waals surface area (Å²) in [6.45, 7) is 3.57. The number of rotatable bonds is 7. The summed E-state index contributed by atoms with van der Waals surface area (Å²) in [7, 11) is -4.02. The van der Waals surface area contributed by atoms with Crippen LogP contribution in [0.15, 0.2) is 23.1 Å². The molecule has 0 unspecified atom stereocenters. The largest absolute Gasteiger partial charge is 0.481 e. The van der Waals surface area contributed by atoms with Gasteiger partial charge in [-0.05, 0) is 43.5 Å². The Morgan fingerprint density at radius 1 is 1.19 bits per heavy atom. The first-order chi connectivity index (χ1) is 9.63. The number of aliphatic carboxylic acids is 2. The maximum Gasteiger partial charge on any atom is 0.321 e. The van der Waals surface area contributed by atoms with Crippen LogP contribution in [0.25, 0.3) is 0 Å². The van der Waals surface area contributed by atoms with Crippen molar-refractivity contribution in [3.05, 3.63) is 29.3 Å². The standard InChI is InChI=1S/C13H17NO6S/c1-8-3-4-10(7-9(8)2)21(19,20)14-11(13(17)18)5-6-12(15)16/h3-4,7,11,14H,5-6H2,1-2H3,(H,15,16)(H,17,18)/t11-/m0/s1. The van der Waals surface area contributed by atoms with E-state index in [2.05, 4.69) is 0 Å². The van der Waals surface area contributed by atoms with Crippen molar-refractivity contribution >= 4 is 22.0 Å². The molecule has 8 heteroatoms. The molecule has 0 heterocycles. The zero-order chi connectivity index (χ0) is 16.2. The third kappa shape index (κ3) is 4.83. The van der Waals surface area contributed by atoms with Crippen LogP contribution in [-0.2, 0) is 19.6 Å². The molecule has 0 aliphatic rings. The van der Waals surface area contributed by atoms with Crippen molar-refractivity contribution in [2.24, 2.45) is 0 Å². The number of benzene rings is 1. The van der Waals surface area contributed by atoms with Gasteiger partial charge in [-0.15, -0.1) is 0 Å². The molecule has 0 amide bonds. The molecule has 0 spiro atoms. The highest BCUT2D eigenvalue weighted by Gasteiger charge is 2.26.